The van der Waals surface area contributed by atoms with Crippen molar-refractivity contribution in [3.05, 3.63) is 35.9 Å². The molecule has 1 aliphatic carbocycles. The van der Waals surface area contributed by atoms with Gasteiger partial charge in [-0.25, -0.2) is 0 Å². The molecule has 0 saturated heterocycles. The van der Waals surface area contributed by atoms with Gasteiger partial charge < -0.3 is 10.1 Å². The van der Waals surface area contributed by atoms with Crippen molar-refractivity contribution in [2.45, 2.75) is 50.6 Å². The predicted octanol–water partition coefficient (Wildman–Crippen LogP) is 2.69. The highest BCUT2D eigenvalue weighted by molar-refractivity contribution is 5.70. The summed E-state index contributed by atoms with van der Waals surface area (Å²) in [6.45, 7) is 0. The molecule has 0 radical (unpaired) electrons. The van der Waals surface area contributed by atoms with Gasteiger partial charge in [-0.3, -0.25) is 4.79 Å². The van der Waals surface area contributed by atoms with Gasteiger partial charge in [0, 0.05) is 12.1 Å². The van der Waals surface area contributed by atoms with E-state index in [1.165, 1.54) is 38.4 Å². The first-order chi connectivity index (χ1) is 9.28. The topological polar surface area (TPSA) is 38.3 Å². The van der Waals surface area contributed by atoms with E-state index in [-0.39, 0.29) is 12.0 Å². The Kier molecular flexibility index (Phi) is 5.40. The normalized spacial score (nSPS) is 17.3. The molecule has 0 aliphatic heterocycles. The summed E-state index contributed by atoms with van der Waals surface area (Å²) in [5.41, 5.74) is 1.27. The first-order valence-electron chi connectivity index (χ1n) is 7.14. The number of benzene rings is 1. The fourth-order valence-corrected chi connectivity index (χ4v) is 2.80. The van der Waals surface area contributed by atoms with E-state index in [2.05, 4.69) is 17.4 Å². The third-order valence-electron chi connectivity index (χ3n) is 3.79. The number of nitrogens with one attached hydrogen (secondary N) is 1. The molecule has 1 N–H and O–H groups in total. The highest BCUT2D eigenvalue weighted by Crippen LogP contribution is 2.19. The van der Waals surface area contributed by atoms with Gasteiger partial charge >= 0.3 is 5.97 Å². The van der Waals surface area contributed by atoms with Gasteiger partial charge in [-0.05, 0) is 24.8 Å². The van der Waals surface area contributed by atoms with E-state index in [9.17, 15) is 4.79 Å². The highest BCUT2D eigenvalue weighted by Gasteiger charge is 2.21. The minimum Gasteiger partial charge on any atom is -0.469 e. The molecule has 1 saturated carbocycles. The van der Waals surface area contributed by atoms with Crippen LogP contribution >= 0.6 is 0 Å². The lowest BCUT2D eigenvalue weighted by Crippen LogP contribution is -2.39. The maximum Gasteiger partial charge on any atom is 0.307 e. The first kappa shape index (κ1) is 14.1. The van der Waals surface area contributed by atoms with Gasteiger partial charge in [0.15, 0.2) is 0 Å². The Bertz CT molecular complexity index is 385. The second-order valence-corrected chi connectivity index (χ2v) is 5.31. The summed E-state index contributed by atoms with van der Waals surface area (Å²) in [7, 11) is 1.46. The molecule has 3 heteroatoms. The third kappa shape index (κ3) is 4.67. The molecule has 1 unspecified atom stereocenters. The zero-order chi connectivity index (χ0) is 13.5. The summed E-state index contributed by atoms with van der Waals surface area (Å²) < 4.78 is 4.80. The van der Waals surface area contributed by atoms with E-state index in [0.717, 1.165) is 6.42 Å². The van der Waals surface area contributed by atoms with E-state index in [1.54, 1.807) is 0 Å². The van der Waals surface area contributed by atoms with Crippen molar-refractivity contribution >= 4 is 5.97 Å². The molecule has 0 bridgehead atoms. The predicted molar refractivity (Wildman–Crippen MR) is 76.0 cm³/mol. The van der Waals surface area contributed by atoms with Gasteiger partial charge in [-0.1, -0.05) is 43.2 Å². The minimum atomic E-state index is -0.133. The lowest BCUT2D eigenvalue weighted by Gasteiger charge is -2.22. The summed E-state index contributed by atoms with van der Waals surface area (Å²) in [5.74, 6) is -0.133. The Balaban J connectivity index is 1.94. The third-order valence-corrected chi connectivity index (χ3v) is 3.79. The number of hydrogen-bond acceptors (Lipinski definition) is 3. The van der Waals surface area contributed by atoms with Crippen LogP contribution in [0.4, 0.5) is 0 Å². The van der Waals surface area contributed by atoms with E-state index < -0.39 is 0 Å². The molecule has 3 nitrogen and oxygen atoms in total. The number of hydrogen-bond donors (Lipinski definition) is 1. The Morgan fingerprint density at radius 3 is 2.63 bits per heavy atom. The van der Waals surface area contributed by atoms with Crippen LogP contribution in [0.15, 0.2) is 30.3 Å². The van der Waals surface area contributed by atoms with Gasteiger partial charge in [0.2, 0.25) is 0 Å². The van der Waals surface area contributed by atoms with E-state index in [0.29, 0.717) is 12.5 Å². The van der Waals surface area contributed by atoms with Crippen molar-refractivity contribution in [3.63, 3.8) is 0 Å². The molecule has 0 heterocycles. The van der Waals surface area contributed by atoms with Gasteiger partial charge in [-0.15, -0.1) is 0 Å². The smallest absolute Gasteiger partial charge is 0.307 e. The highest BCUT2D eigenvalue weighted by atomic mass is 16.5. The molecule has 1 atom stereocenters. The van der Waals surface area contributed by atoms with Crippen LogP contribution in [0.5, 0.6) is 0 Å². The van der Waals surface area contributed by atoms with Crippen LogP contribution in [0.2, 0.25) is 0 Å². The van der Waals surface area contributed by atoms with Gasteiger partial charge in [0.25, 0.3) is 0 Å². The minimum absolute atomic E-state index is 0.133. The number of carbonyl (C=O) groups is 1. The molecule has 19 heavy (non-hydrogen) atoms. The van der Waals surface area contributed by atoms with E-state index in [1.807, 2.05) is 18.2 Å². The SMILES string of the molecule is COC(=O)CC(Cc1ccccc1)NC1CCCC1. The molecule has 2 rings (SSSR count). The van der Waals surface area contributed by atoms with E-state index in [4.69, 9.17) is 4.74 Å². The molecular formula is C16H23NO2. The quantitative estimate of drug-likeness (QED) is 0.800. The Labute approximate surface area is 115 Å². The Hall–Kier alpha value is -1.35. The molecule has 1 aromatic carbocycles. The monoisotopic (exact) mass is 261 g/mol. The van der Waals surface area contributed by atoms with Crippen LogP contribution in [0.25, 0.3) is 0 Å². The van der Waals surface area contributed by atoms with Gasteiger partial charge in [0.1, 0.15) is 0 Å². The van der Waals surface area contributed by atoms with Crippen LogP contribution in [-0.2, 0) is 16.0 Å². The second kappa shape index (κ2) is 7.29. The summed E-state index contributed by atoms with van der Waals surface area (Å²) >= 11 is 0. The number of ether oxygens (including phenoxy) is 1. The Morgan fingerprint density at radius 2 is 2.00 bits per heavy atom. The molecule has 1 fully saturated rings. The molecule has 0 spiro atoms. The summed E-state index contributed by atoms with van der Waals surface area (Å²) in [6.07, 6.45) is 6.38. The van der Waals surface area contributed by atoms with Gasteiger partial charge in [0.05, 0.1) is 13.5 Å². The number of carbonyl (C=O) groups excluding carboxylic acids is 1. The van der Waals surface area contributed by atoms with Crippen LogP contribution in [0.1, 0.15) is 37.7 Å². The van der Waals surface area contributed by atoms with Crippen molar-refractivity contribution in [3.8, 4) is 0 Å². The van der Waals surface area contributed by atoms with E-state index >= 15 is 0 Å². The molecule has 104 valence electrons. The fourth-order valence-electron chi connectivity index (χ4n) is 2.80. The average molecular weight is 261 g/mol. The van der Waals surface area contributed by atoms with Crippen molar-refractivity contribution < 1.29 is 9.53 Å². The van der Waals surface area contributed by atoms with Crippen molar-refractivity contribution in [2.75, 3.05) is 7.11 Å². The molecule has 0 amide bonds. The van der Waals surface area contributed by atoms with Crippen LogP contribution in [-0.4, -0.2) is 25.2 Å². The summed E-state index contributed by atoms with van der Waals surface area (Å²) in [5, 5.41) is 3.63. The van der Waals surface area contributed by atoms with Crippen molar-refractivity contribution in [1.82, 2.24) is 5.32 Å². The van der Waals surface area contributed by atoms with Gasteiger partial charge in [-0.2, -0.15) is 0 Å². The zero-order valence-electron chi connectivity index (χ0n) is 11.6. The number of methoxy groups -OCH3 is 1. The number of esters is 1. The number of rotatable bonds is 6. The maximum absolute atomic E-state index is 11.5. The second-order valence-electron chi connectivity index (χ2n) is 5.31. The average Bonchev–Trinajstić information content (AvgIpc) is 2.92. The zero-order valence-corrected chi connectivity index (χ0v) is 11.6. The summed E-state index contributed by atoms with van der Waals surface area (Å²) in [6, 6.07) is 11.1. The molecule has 0 aromatic heterocycles. The Morgan fingerprint density at radius 1 is 1.32 bits per heavy atom. The van der Waals surface area contributed by atoms with Crippen molar-refractivity contribution in [1.29, 1.82) is 0 Å². The fraction of sp³-hybridized carbons (Fsp3) is 0.562. The standard InChI is InChI=1S/C16H23NO2/c1-19-16(18)12-15(17-14-9-5-6-10-14)11-13-7-3-2-4-8-13/h2-4,7-8,14-15,17H,5-6,9-12H2,1H3. The van der Waals surface area contributed by atoms with Crippen molar-refractivity contribution in [2.24, 2.45) is 0 Å². The largest absolute Gasteiger partial charge is 0.469 e. The van der Waals surface area contributed by atoms with Crippen LogP contribution in [0, 0.1) is 0 Å². The van der Waals surface area contributed by atoms with Crippen LogP contribution in [0.3, 0.4) is 0 Å². The molecule has 1 aliphatic rings. The lowest BCUT2D eigenvalue weighted by molar-refractivity contribution is -0.141. The molecular weight excluding hydrogens is 238 g/mol. The first-order valence-corrected chi connectivity index (χ1v) is 7.14. The maximum atomic E-state index is 11.5. The lowest BCUT2D eigenvalue weighted by atomic mass is 10.0. The summed E-state index contributed by atoms with van der Waals surface area (Å²) in [4.78, 5) is 11.5. The van der Waals surface area contributed by atoms with Crippen LogP contribution < -0.4 is 5.32 Å². The molecule has 1 aromatic rings.